The molecule has 140 valence electrons. The molecule has 1 aromatic heterocycles. The number of nitrogens with zero attached hydrogens (tertiary/aromatic N) is 2. The van der Waals surface area contributed by atoms with Crippen molar-refractivity contribution in [3.63, 3.8) is 0 Å². The number of ether oxygens (including phenoxy) is 2. The summed E-state index contributed by atoms with van der Waals surface area (Å²) in [6.45, 7) is 7.87. The molecule has 1 heterocycles. The molecule has 7 nitrogen and oxygen atoms in total. The zero-order valence-electron chi connectivity index (χ0n) is 15.7. The summed E-state index contributed by atoms with van der Waals surface area (Å²) < 4.78 is 12.7. The van der Waals surface area contributed by atoms with Crippen LogP contribution < -0.4 is 4.74 Å². The number of aryl methyl sites for hydroxylation is 2. The topological polar surface area (TPSA) is 83.6 Å². The van der Waals surface area contributed by atoms with Gasteiger partial charge in [-0.3, -0.25) is 14.9 Å². The number of nitro benzene ring substituents is 1. The van der Waals surface area contributed by atoms with Crippen LogP contribution >= 0.6 is 0 Å². The molecule has 0 radical (unpaired) electrons. The van der Waals surface area contributed by atoms with Gasteiger partial charge >= 0.3 is 5.69 Å². The Labute approximate surface area is 152 Å². The second-order valence-corrected chi connectivity index (χ2v) is 6.40. The van der Waals surface area contributed by atoms with Crippen LogP contribution in [-0.4, -0.2) is 35.6 Å². The highest BCUT2D eigenvalue weighted by Crippen LogP contribution is 2.28. The Kier molecular flexibility index (Phi) is 6.15. The van der Waals surface area contributed by atoms with Gasteiger partial charge in [0, 0.05) is 30.1 Å². The van der Waals surface area contributed by atoms with Gasteiger partial charge in [-0.25, -0.2) is 0 Å². The highest BCUT2D eigenvalue weighted by molar-refractivity contribution is 5.98. The van der Waals surface area contributed by atoms with Gasteiger partial charge in [-0.1, -0.05) is 6.07 Å². The van der Waals surface area contributed by atoms with E-state index in [1.807, 2.05) is 31.4 Å². The van der Waals surface area contributed by atoms with Gasteiger partial charge in [0.25, 0.3) is 0 Å². The number of Topliss-reactive ketones (excluding diaryl/α,β-unsaturated/α-hetero) is 1. The molecule has 0 bridgehead atoms. The van der Waals surface area contributed by atoms with Crippen molar-refractivity contribution in [2.45, 2.75) is 33.7 Å². The first kappa shape index (κ1) is 19.7. The molecular formula is C19H24N2O5. The Morgan fingerprint density at radius 3 is 2.58 bits per heavy atom. The summed E-state index contributed by atoms with van der Waals surface area (Å²) in [7, 11) is 1.64. The van der Waals surface area contributed by atoms with Crippen molar-refractivity contribution in [2.75, 3.05) is 20.3 Å². The fourth-order valence-electron chi connectivity index (χ4n) is 3.17. The molecular weight excluding hydrogens is 336 g/mol. The van der Waals surface area contributed by atoms with Crippen LogP contribution in [0.25, 0.3) is 0 Å². The number of rotatable bonds is 8. The minimum absolute atomic E-state index is 0.0931. The van der Waals surface area contributed by atoms with Gasteiger partial charge in [0.2, 0.25) is 5.78 Å². The number of hydrogen-bond acceptors (Lipinski definition) is 5. The predicted octanol–water partition coefficient (Wildman–Crippen LogP) is 3.79. The van der Waals surface area contributed by atoms with E-state index in [4.69, 9.17) is 9.47 Å². The summed E-state index contributed by atoms with van der Waals surface area (Å²) in [6, 6.07) is 6.57. The average Bonchev–Trinajstić information content (AvgIpc) is 2.88. The molecule has 2 aromatic rings. The van der Waals surface area contributed by atoms with E-state index < -0.39 is 4.92 Å². The predicted molar refractivity (Wildman–Crippen MR) is 98.2 cm³/mol. The number of benzene rings is 1. The first-order valence-electron chi connectivity index (χ1n) is 8.34. The van der Waals surface area contributed by atoms with Crippen molar-refractivity contribution >= 4 is 11.5 Å². The number of nitro groups is 1. The molecule has 26 heavy (non-hydrogen) atoms. The van der Waals surface area contributed by atoms with Crippen LogP contribution in [0.3, 0.4) is 0 Å². The van der Waals surface area contributed by atoms with Gasteiger partial charge in [0.15, 0.2) is 12.4 Å². The summed E-state index contributed by atoms with van der Waals surface area (Å²) in [5.41, 5.74) is 2.96. The van der Waals surface area contributed by atoms with Gasteiger partial charge in [-0.15, -0.1) is 0 Å². The van der Waals surface area contributed by atoms with E-state index >= 15 is 0 Å². The van der Waals surface area contributed by atoms with Gasteiger partial charge < -0.3 is 14.0 Å². The fourth-order valence-corrected chi connectivity index (χ4v) is 3.17. The molecule has 0 spiro atoms. The standard InChI is InChI=1S/C19H24N2O5/c1-12-6-7-19(17(8-12)21(23)24)26-11-18(22)16-9-13(2)20(15(16)4)14(3)10-25-5/h6-9,14H,10-11H2,1-5H3/t14-/m1/s1. The number of carbonyl (C=O) groups excluding carboxylic acids is 1. The third-order valence-corrected chi connectivity index (χ3v) is 4.30. The van der Waals surface area contributed by atoms with Crippen LogP contribution in [0.2, 0.25) is 0 Å². The maximum Gasteiger partial charge on any atom is 0.311 e. The monoisotopic (exact) mass is 360 g/mol. The molecule has 0 amide bonds. The van der Waals surface area contributed by atoms with Crippen molar-refractivity contribution in [3.05, 3.63) is 56.9 Å². The Hall–Kier alpha value is -2.67. The van der Waals surface area contributed by atoms with E-state index in [9.17, 15) is 14.9 Å². The van der Waals surface area contributed by atoms with E-state index in [0.717, 1.165) is 17.0 Å². The molecule has 0 saturated carbocycles. The summed E-state index contributed by atoms with van der Waals surface area (Å²) in [6.07, 6.45) is 0. The molecule has 0 N–H and O–H groups in total. The van der Waals surface area contributed by atoms with Crippen LogP contribution in [0.5, 0.6) is 5.75 Å². The Morgan fingerprint density at radius 1 is 1.27 bits per heavy atom. The molecule has 2 rings (SSSR count). The lowest BCUT2D eigenvalue weighted by atomic mass is 10.1. The quantitative estimate of drug-likeness (QED) is 0.406. The van der Waals surface area contributed by atoms with Crippen LogP contribution in [0.15, 0.2) is 24.3 Å². The lowest BCUT2D eigenvalue weighted by molar-refractivity contribution is -0.385. The van der Waals surface area contributed by atoms with Crippen LogP contribution in [0.1, 0.15) is 40.3 Å². The maximum absolute atomic E-state index is 12.6. The van der Waals surface area contributed by atoms with E-state index in [1.54, 1.807) is 20.1 Å². The summed E-state index contributed by atoms with van der Waals surface area (Å²) in [5, 5.41) is 11.2. The molecule has 0 fully saturated rings. The lowest BCUT2D eigenvalue weighted by Gasteiger charge is -2.17. The van der Waals surface area contributed by atoms with Crippen LogP contribution in [0, 0.1) is 30.9 Å². The van der Waals surface area contributed by atoms with Crippen LogP contribution in [0.4, 0.5) is 5.69 Å². The zero-order chi connectivity index (χ0) is 19.4. The molecule has 7 heteroatoms. The number of hydrogen-bond donors (Lipinski definition) is 0. The normalized spacial score (nSPS) is 12.0. The van der Waals surface area contributed by atoms with Gasteiger partial charge in [-0.05, 0) is 45.4 Å². The van der Waals surface area contributed by atoms with Crippen molar-refractivity contribution in [1.29, 1.82) is 0 Å². The molecule has 1 aromatic carbocycles. The van der Waals surface area contributed by atoms with Gasteiger partial charge in [-0.2, -0.15) is 0 Å². The van der Waals surface area contributed by atoms with Crippen molar-refractivity contribution in [2.24, 2.45) is 0 Å². The Bertz CT molecular complexity index is 826. The smallest absolute Gasteiger partial charge is 0.311 e. The van der Waals surface area contributed by atoms with Gasteiger partial charge in [0.05, 0.1) is 17.6 Å². The SMILES string of the molecule is COC[C@@H](C)n1c(C)cc(C(=O)COc2ccc(C)cc2[N+](=O)[O-])c1C. The van der Waals surface area contributed by atoms with Crippen molar-refractivity contribution in [3.8, 4) is 5.75 Å². The lowest BCUT2D eigenvalue weighted by Crippen LogP contribution is -2.16. The minimum Gasteiger partial charge on any atom is -0.478 e. The minimum atomic E-state index is -0.509. The first-order valence-corrected chi connectivity index (χ1v) is 8.34. The summed E-state index contributed by atoms with van der Waals surface area (Å²) >= 11 is 0. The highest BCUT2D eigenvalue weighted by Gasteiger charge is 2.21. The molecule has 0 aliphatic rings. The number of carbonyl (C=O) groups is 1. The van der Waals surface area contributed by atoms with Crippen LogP contribution in [-0.2, 0) is 4.74 Å². The number of ketones is 1. The number of aromatic nitrogens is 1. The maximum atomic E-state index is 12.6. The average molecular weight is 360 g/mol. The highest BCUT2D eigenvalue weighted by atomic mass is 16.6. The molecule has 0 aliphatic heterocycles. The molecule has 0 aliphatic carbocycles. The second kappa shape index (κ2) is 8.14. The third kappa shape index (κ3) is 4.11. The fraction of sp³-hybridized carbons (Fsp3) is 0.421. The first-order chi connectivity index (χ1) is 12.3. The zero-order valence-corrected chi connectivity index (χ0v) is 15.7. The Morgan fingerprint density at radius 2 is 1.96 bits per heavy atom. The molecule has 0 saturated heterocycles. The van der Waals surface area contributed by atoms with E-state index in [0.29, 0.717) is 12.2 Å². The molecule has 0 unspecified atom stereocenters. The second-order valence-electron chi connectivity index (χ2n) is 6.40. The van der Waals surface area contributed by atoms with Gasteiger partial charge in [0.1, 0.15) is 0 Å². The van der Waals surface area contributed by atoms with E-state index in [-0.39, 0.29) is 29.9 Å². The Balaban J connectivity index is 2.19. The van der Waals surface area contributed by atoms with Crippen molar-refractivity contribution < 1.29 is 19.2 Å². The van der Waals surface area contributed by atoms with E-state index in [1.165, 1.54) is 12.1 Å². The third-order valence-electron chi connectivity index (χ3n) is 4.30. The largest absolute Gasteiger partial charge is 0.478 e. The number of methoxy groups -OCH3 is 1. The molecule has 1 atom stereocenters. The van der Waals surface area contributed by atoms with Crippen molar-refractivity contribution in [1.82, 2.24) is 4.57 Å². The van der Waals surface area contributed by atoms with E-state index in [2.05, 4.69) is 0 Å². The summed E-state index contributed by atoms with van der Waals surface area (Å²) in [5.74, 6) is -0.126. The summed E-state index contributed by atoms with van der Waals surface area (Å²) in [4.78, 5) is 23.2.